The predicted octanol–water partition coefficient (Wildman–Crippen LogP) is 4.53. The summed E-state index contributed by atoms with van der Waals surface area (Å²) < 4.78 is 5.23. The third kappa shape index (κ3) is 5.24. The lowest BCUT2D eigenvalue weighted by atomic mass is 9.96. The minimum atomic E-state index is -0.593. The number of rotatable bonds is 5. The number of aryl methyl sites for hydroxylation is 2. The number of ketones is 1. The van der Waals surface area contributed by atoms with Crippen molar-refractivity contribution in [2.45, 2.75) is 53.1 Å². The van der Waals surface area contributed by atoms with Crippen LogP contribution in [0.1, 0.15) is 55.7 Å². The molecule has 1 heterocycles. The zero-order valence-electron chi connectivity index (χ0n) is 15.6. The van der Waals surface area contributed by atoms with Crippen molar-refractivity contribution < 1.29 is 14.3 Å². The second kappa shape index (κ2) is 7.60. The lowest BCUT2D eigenvalue weighted by molar-refractivity contribution is -0.153. The summed E-state index contributed by atoms with van der Waals surface area (Å²) >= 11 is 0. The summed E-state index contributed by atoms with van der Waals surface area (Å²) in [5.74, 6) is -0.739. The molecule has 0 spiro atoms. The number of Topliss-reactive ketones (excluding diaryl/α,β-unsaturated/α-hetero) is 1. The molecule has 4 nitrogen and oxygen atoms in total. The van der Waals surface area contributed by atoms with Crippen molar-refractivity contribution in [3.05, 3.63) is 53.3 Å². The Morgan fingerprint density at radius 1 is 1.16 bits per heavy atom. The van der Waals surface area contributed by atoms with E-state index in [1.54, 1.807) is 26.8 Å². The van der Waals surface area contributed by atoms with Crippen molar-refractivity contribution in [2.75, 3.05) is 0 Å². The predicted molar refractivity (Wildman–Crippen MR) is 98.6 cm³/mol. The van der Waals surface area contributed by atoms with E-state index in [-0.39, 0.29) is 12.2 Å². The Balaban J connectivity index is 2.26. The fourth-order valence-electron chi connectivity index (χ4n) is 2.61. The molecular weight excluding hydrogens is 314 g/mol. The normalized spacial score (nSPS) is 11.2. The first-order valence-electron chi connectivity index (χ1n) is 8.50. The Kier molecular flexibility index (Phi) is 5.73. The maximum absolute atomic E-state index is 12.4. The van der Waals surface area contributed by atoms with Gasteiger partial charge in [0.1, 0.15) is 12.0 Å². The Bertz CT molecular complexity index is 788. The van der Waals surface area contributed by atoms with Crippen molar-refractivity contribution in [1.29, 1.82) is 0 Å². The van der Waals surface area contributed by atoms with Crippen LogP contribution in [0, 0.1) is 6.92 Å². The van der Waals surface area contributed by atoms with Gasteiger partial charge < -0.3 is 4.74 Å². The molecule has 0 radical (unpaired) electrons. The van der Waals surface area contributed by atoms with Crippen LogP contribution in [-0.4, -0.2) is 22.3 Å². The van der Waals surface area contributed by atoms with E-state index in [2.05, 4.69) is 11.9 Å². The summed E-state index contributed by atoms with van der Waals surface area (Å²) in [5.41, 5.74) is 4.00. The van der Waals surface area contributed by atoms with E-state index in [9.17, 15) is 9.59 Å². The first kappa shape index (κ1) is 18.8. The molecule has 0 N–H and O–H groups in total. The third-order valence-electron chi connectivity index (χ3n) is 3.72. The fourth-order valence-corrected chi connectivity index (χ4v) is 2.61. The van der Waals surface area contributed by atoms with Gasteiger partial charge in [0.05, 0.1) is 0 Å². The molecule has 0 saturated heterocycles. The molecule has 1 aromatic carbocycles. The van der Waals surface area contributed by atoms with Crippen LogP contribution in [-0.2, 0) is 16.0 Å². The average Bonchev–Trinajstić information content (AvgIpc) is 2.53. The number of carbonyl (C=O) groups excluding carboxylic acids is 2. The van der Waals surface area contributed by atoms with Gasteiger partial charge >= 0.3 is 5.97 Å². The molecule has 0 aliphatic carbocycles. The van der Waals surface area contributed by atoms with E-state index in [1.807, 2.05) is 37.4 Å². The summed E-state index contributed by atoms with van der Waals surface area (Å²) in [6, 6.07) is 9.40. The van der Waals surface area contributed by atoms with Gasteiger partial charge in [-0.15, -0.1) is 0 Å². The van der Waals surface area contributed by atoms with Crippen molar-refractivity contribution >= 4 is 11.8 Å². The number of hydrogen-bond donors (Lipinski definition) is 0. The number of pyridine rings is 1. The van der Waals surface area contributed by atoms with Gasteiger partial charge in [0.15, 0.2) is 5.78 Å². The third-order valence-corrected chi connectivity index (χ3v) is 3.72. The number of nitrogens with zero attached hydrogens (tertiary/aromatic N) is 1. The minimum absolute atomic E-state index is 0.236. The summed E-state index contributed by atoms with van der Waals surface area (Å²) in [4.78, 5) is 28.7. The molecule has 25 heavy (non-hydrogen) atoms. The standard InChI is InChI=1S/C21H25NO3/c1-6-15-13-22-14(2)10-18(15)16-8-7-9-17(11-16)19(23)12-20(24)25-21(3,4)5/h7-11,13H,6,12H2,1-5H3. The average molecular weight is 339 g/mol. The highest BCUT2D eigenvalue weighted by molar-refractivity contribution is 6.06. The van der Waals surface area contributed by atoms with E-state index >= 15 is 0 Å². The number of carbonyl (C=O) groups is 2. The summed E-state index contributed by atoms with van der Waals surface area (Å²) in [5, 5.41) is 0. The molecule has 0 fully saturated rings. The van der Waals surface area contributed by atoms with Crippen molar-refractivity contribution in [3.63, 3.8) is 0 Å². The van der Waals surface area contributed by atoms with Gasteiger partial charge in [0, 0.05) is 17.5 Å². The molecule has 0 saturated carbocycles. The second-order valence-corrected chi connectivity index (χ2v) is 7.10. The van der Waals surface area contributed by atoms with Crippen LogP contribution < -0.4 is 0 Å². The van der Waals surface area contributed by atoms with E-state index in [0.29, 0.717) is 5.56 Å². The summed E-state index contributed by atoms with van der Waals surface area (Å²) in [6.07, 6.45) is 2.48. The van der Waals surface area contributed by atoms with E-state index in [0.717, 1.165) is 28.8 Å². The molecule has 0 aliphatic rings. The Morgan fingerprint density at radius 2 is 1.88 bits per heavy atom. The zero-order valence-corrected chi connectivity index (χ0v) is 15.6. The van der Waals surface area contributed by atoms with Gasteiger partial charge in [-0.1, -0.05) is 25.1 Å². The highest BCUT2D eigenvalue weighted by atomic mass is 16.6. The van der Waals surface area contributed by atoms with Crippen LogP contribution in [0.2, 0.25) is 0 Å². The van der Waals surface area contributed by atoms with Crippen molar-refractivity contribution in [1.82, 2.24) is 4.98 Å². The van der Waals surface area contributed by atoms with Crippen molar-refractivity contribution in [2.24, 2.45) is 0 Å². The highest BCUT2D eigenvalue weighted by Gasteiger charge is 2.20. The molecular formula is C21H25NO3. The molecule has 0 amide bonds. The fraction of sp³-hybridized carbons (Fsp3) is 0.381. The monoisotopic (exact) mass is 339 g/mol. The lowest BCUT2D eigenvalue weighted by Crippen LogP contribution is -2.25. The van der Waals surface area contributed by atoms with Crippen molar-refractivity contribution in [3.8, 4) is 11.1 Å². The Labute approximate surface area is 149 Å². The van der Waals surface area contributed by atoms with Crippen LogP contribution in [0.4, 0.5) is 0 Å². The summed E-state index contributed by atoms with van der Waals surface area (Å²) in [7, 11) is 0. The first-order valence-corrected chi connectivity index (χ1v) is 8.50. The molecule has 0 atom stereocenters. The highest BCUT2D eigenvalue weighted by Crippen LogP contribution is 2.26. The van der Waals surface area contributed by atoms with Crippen LogP contribution in [0.5, 0.6) is 0 Å². The Morgan fingerprint density at radius 3 is 2.52 bits per heavy atom. The van der Waals surface area contributed by atoms with E-state index < -0.39 is 11.6 Å². The van der Waals surface area contributed by atoms with Crippen LogP contribution in [0.25, 0.3) is 11.1 Å². The van der Waals surface area contributed by atoms with Gasteiger partial charge in [-0.3, -0.25) is 14.6 Å². The van der Waals surface area contributed by atoms with Gasteiger partial charge in [0.25, 0.3) is 0 Å². The van der Waals surface area contributed by atoms with Gasteiger partial charge in [-0.05, 0) is 62.9 Å². The zero-order chi connectivity index (χ0) is 18.6. The first-order chi connectivity index (χ1) is 11.7. The molecule has 4 heteroatoms. The molecule has 2 rings (SSSR count). The quantitative estimate of drug-likeness (QED) is 0.456. The largest absolute Gasteiger partial charge is 0.460 e. The topological polar surface area (TPSA) is 56.3 Å². The Hall–Kier alpha value is -2.49. The molecule has 0 bridgehead atoms. The van der Waals surface area contributed by atoms with Gasteiger partial charge in [-0.2, -0.15) is 0 Å². The van der Waals surface area contributed by atoms with Crippen LogP contribution in [0.3, 0.4) is 0 Å². The molecule has 2 aromatic rings. The summed E-state index contributed by atoms with van der Waals surface area (Å²) in [6.45, 7) is 9.38. The lowest BCUT2D eigenvalue weighted by Gasteiger charge is -2.19. The number of benzene rings is 1. The van der Waals surface area contributed by atoms with Gasteiger partial charge in [0.2, 0.25) is 0 Å². The minimum Gasteiger partial charge on any atom is -0.460 e. The van der Waals surface area contributed by atoms with Gasteiger partial charge in [-0.25, -0.2) is 0 Å². The second-order valence-electron chi connectivity index (χ2n) is 7.10. The van der Waals surface area contributed by atoms with E-state index in [4.69, 9.17) is 4.74 Å². The molecule has 132 valence electrons. The number of hydrogen-bond acceptors (Lipinski definition) is 4. The number of esters is 1. The van der Waals surface area contributed by atoms with E-state index in [1.165, 1.54) is 0 Å². The maximum Gasteiger partial charge on any atom is 0.314 e. The number of aromatic nitrogens is 1. The maximum atomic E-state index is 12.4. The molecule has 0 aliphatic heterocycles. The molecule has 0 unspecified atom stereocenters. The van der Waals surface area contributed by atoms with Crippen LogP contribution >= 0.6 is 0 Å². The SMILES string of the molecule is CCc1cnc(C)cc1-c1cccc(C(=O)CC(=O)OC(C)(C)C)c1. The number of ether oxygens (including phenoxy) is 1. The smallest absolute Gasteiger partial charge is 0.314 e. The van der Waals surface area contributed by atoms with Crippen LogP contribution in [0.15, 0.2) is 36.5 Å². The molecule has 1 aromatic heterocycles.